The van der Waals surface area contributed by atoms with Crippen molar-refractivity contribution in [3.05, 3.63) is 23.8 Å². The van der Waals surface area contributed by atoms with Crippen LogP contribution in [0.25, 0.3) is 0 Å². The third-order valence-corrected chi connectivity index (χ3v) is 6.37. The molecule has 116 valence electrons. The zero-order valence-corrected chi connectivity index (χ0v) is 13.4. The Hall–Kier alpha value is -1.07. The predicted octanol–water partition coefficient (Wildman–Crippen LogP) is 2.90. The third-order valence-electron chi connectivity index (χ3n) is 4.85. The van der Waals surface area contributed by atoms with E-state index in [2.05, 4.69) is 17.0 Å². The fraction of sp³-hybridized carbons (Fsp3) is 0.625. The minimum atomic E-state index is -3.40. The van der Waals surface area contributed by atoms with Crippen LogP contribution in [0.15, 0.2) is 23.1 Å². The average Bonchev–Trinajstić information content (AvgIpc) is 2.95. The first-order chi connectivity index (χ1) is 10.1. The molecule has 2 aliphatic rings. The first-order valence-corrected chi connectivity index (χ1v) is 9.46. The van der Waals surface area contributed by atoms with Crippen LogP contribution in [0.1, 0.15) is 44.6 Å². The van der Waals surface area contributed by atoms with Crippen molar-refractivity contribution < 1.29 is 8.42 Å². The van der Waals surface area contributed by atoms with Gasteiger partial charge in [-0.15, -0.1) is 0 Å². The number of sulfonamides is 1. The molecule has 0 saturated heterocycles. The molecule has 21 heavy (non-hydrogen) atoms. The Morgan fingerprint density at radius 1 is 1.24 bits per heavy atom. The Balaban J connectivity index is 1.70. The SMILES string of the molecule is CCC1CCC(NS(=O)(=O)c2ccc3c(c2)NCC3)CC1. The van der Waals surface area contributed by atoms with Gasteiger partial charge in [0.15, 0.2) is 0 Å². The van der Waals surface area contributed by atoms with Gasteiger partial charge in [-0.1, -0.05) is 19.4 Å². The first-order valence-electron chi connectivity index (χ1n) is 7.97. The second-order valence-electron chi connectivity index (χ2n) is 6.24. The molecule has 1 heterocycles. The molecule has 0 bridgehead atoms. The molecule has 1 aromatic carbocycles. The lowest BCUT2D eigenvalue weighted by molar-refractivity contribution is 0.306. The van der Waals surface area contributed by atoms with Crippen molar-refractivity contribution in [3.63, 3.8) is 0 Å². The summed E-state index contributed by atoms with van der Waals surface area (Å²) in [5, 5.41) is 3.24. The standard InChI is InChI=1S/C16H24N2O2S/c1-2-12-3-6-14(7-4-12)18-21(19,20)15-8-5-13-9-10-17-16(13)11-15/h5,8,11-12,14,17-18H,2-4,6-7,9-10H2,1H3. The molecule has 1 fully saturated rings. The first kappa shape index (κ1) is 14.9. The summed E-state index contributed by atoms with van der Waals surface area (Å²) < 4.78 is 27.9. The van der Waals surface area contributed by atoms with Crippen LogP contribution in [-0.2, 0) is 16.4 Å². The van der Waals surface area contributed by atoms with Crippen molar-refractivity contribution in [2.75, 3.05) is 11.9 Å². The number of anilines is 1. The van der Waals surface area contributed by atoms with Crippen LogP contribution in [0.5, 0.6) is 0 Å². The lowest BCUT2D eigenvalue weighted by Gasteiger charge is -2.28. The Labute approximate surface area is 127 Å². The van der Waals surface area contributed by atoms with Gasteiger partial charge in [-0.3, -0.25) is 0 Å². The average molecular weight is 308 g/mol. The summed E-state index contributed by atoms with van der Waals surface area (Å²) in [6.07, 6.45) is 6.37. The van der Waals surface area contributed by atoms with Crippen molar-refractivity contribution in [1.82, 2.24) is 4.72 Å². The van der Waals surface area contributed by atoms with Crippen LogP contribution in [0, 0.1) is 5.92 Å². The molecule has 1 aliphatic carbocycles. The lowest BCUT2D eigenvalue weighted by atomic mass is 9.85. The third kappa shape index (κ3) is 3.24. The number of fused-ring (bicyclic) bond motifs is 1. The number of hydrogen-bond acceptors (Lipinski definition) is 3. The van der Waals surface area contributed by atoms with Gasteiger partial charge in [0.25, 0.3) is 0 Å². The molecule has 3 rings (SSSR count). The molecular formula is C16H24N2O2S. The van der Waals surface area contributed by atoms with Crippen molar-refractivity contribution >= 4 is 15.7 Å². The smallest absolute Gasteiger partial charge is 0.240 e. The molecule has 0 atom stereocenters. The summed E-state index contributed by atoms with van der Waals surface area (Å²) >= 11 is 0. The minimum absolute atomic E-state index is 0.0963. The molecule has 0 amide bonds. The van der Waals surface area contributed by atoms with Gasteiger partial charge in [0.1, 0.15) is 0 Å². The van der Waals surface area contributed by atoms with Gasteiger partial charge in [0, 0.05) is 18.3 Å². The Kier molecular flexibility index (Phi) is 4.22. The molecule has 1 aromatic rings. The molecule has 2 N–H and O–H groups in total. The zero-order chi connectivity index (χ0) is 14.9. The highest BCUT2D eigenvalue weighted by Gasteiger charge is 2.25. The number of nitrogens with one attached hydrogen (secondary N) is 2. The second kappa shape index (κ2) is 5.97. The molecule has 5 heteroatoms. The van der Waals surface area contributed by atoms with E-state index in [1.807, 2.05) is 6.07 Å². The van der Waals surface area contributed by atoms with E-state index in [1.54, 1.807) is 12.1 Å². The Bertz CT molecular complexity index is 605. The maximum atomic E-state index is 12.5. The highest BCUT2D eigenvalue weighted by atomic mass is 32.2. The highest BCUT2D eigenvalue weighted by molar-refractivity contribution is 7.89. The second-order valence-corrected chi connectivity index (χ2v) is 7.96. The molecule has 1 saturated carbocycles. The van der Waals surface area contributed by atoms with Crippen LogP contribution in [0.4, 0.5) is 5.69 Å². The molecule has 0 radical (unpaired) electrons. The largest absolute Gasteiger partial charge is 0.384 e. The van der Waals surface area contributed by atoms with Crippen molar-refractivity contribution in [1.29, 1.82) is 0 Å². The lowest BCUT2D eigenvalue weighted by Crippen LogP contribution is -2.37. The van der Waals surface area contributed by atoms with E-state index in [4.69, 9.17) is 0 Å². The quantitative estimate of drug-likeness (QED) is 0.899. The van der Waals surface area contributed by atoms with E-state index in [0.29, 0.717) is 4.90 Å². The summed E-state index contributed by atoms with van der Waals surface area (Å²) in [6.45, 7) is 3.11. The van der Waals surface area contributed by atoms with E-state index in [0.717, 1.165) is 50.3 Å². The predicted molar refractivity (Wildman–Crippen MR) is 85.0 cm³/mol. The fourth-order valence-electron chi connectivity index (χ4n) is 3.41. The van der Waals surface area contributed by atoms with Gasteiger partial charge >= 0.3 is 0 Å². The molecule has 0 aromatic heterocycles. The van der Waals surface area contributed by atoms with Gasteiger partial charge in [-0.05, 0) is 55.7 Å². The van der Waals surface area contributed by atoms with Crippen molar-refractivity contribution in [3.8, 4) is 0 Å². The summed E-state index contributed by atoms with van der Waals surface area (Å²) in [7, 11) is -3.40. The molecule has 0 spiro atoms. The summed E-state index contributed by atoms with van der Waals surface area (Å²) in [4.78, 5) is 0.383. The Morgan fingerprint density at radius 2 is 2.00 bits per heavy atom. The van der Waals surface area contributed by atoms with Crippen LogP contribution >= 0.6 is 0 Å². The normalized spacial score (nSPS) is 25.4. The van der Waals surface area contributed by atoms with Gasteiger partial charge < -0.3 is 5.32 Å². The van der Waals surface area contributed by atoms with E-state index in [-0.39, 0.29) is 6.04 Å². The van der Waals surface area contributed by atoms with Gasteiger partial charge in [0.05, 0.1) is 4.90 Å². The minimum Gasteiger partial charge on any atom is -0.384 e. The van der Waals surface area contributed by atoms with E-state index in [9.17, 15) is 8.42 Å². The number of rotatable bonds is 4. The summed E-state index contributed by atoms with van der Waals surface area (Å²) in [6, 6.07) is 5.52. The number of hydrogen-bond donors (Lipinski definition) is 2. The maximum absolute atomic E-state index is 12.5. The van der Waals surface area contributed by atoms with Gasteiger partial charge in [-0.2, -0.15) is 0 Å². The van der Waals surface area contributed by atoms with E-state index >= 15 is 0 Å². The molecule has 1 aliphatic heterocycles. The fourth-order valence-corrected chi connectivity index (χ4v) is 4.74. The van der Waals surface area contributed by atoms with Crippen LogP contribution in [0.3, 0.4) is 0 Å². The Morgan fingerprint density at radius 3 is 2.71 bits per heavy atom. The molecule has 0 unspecified atom stereocenters. The van der Waals surface area contributed by atoms with Crippen LogP contribution in [0.2, 0.25) is 0 Å². The highest BCUT2D eigenvalue weighted by Crippen LogP contribution is 2.29. The summed E-state index contributed by atoms with van der Waals surface area (Å²) in [5.41, 5.74) is 2.17. The van der Waals surface area contributed by atoms with Gasteiger partial charge in [0.2, 0.25) is 10.0 Å². The van der Waals surface area contributed by atoms with Gasteiger partial charge in [-0.25, -0.2) is 13.1 Å². The zero-order valence-electron chi connectivity index (χ0n) is 12.6. The van der Waals surface area contributed by atoms with E-state index < -0.39 is 10.0 Å². The van der Waals surface area contributed by atoms with Crippen LogP contribution in [-0.4, -0.2) is 21.0 Å². The van der Waals surface area contributed by atoms with E-state index in [1.165, 1.54) is 12.0 Å². The summed E-state index contributed by atoms with van der Waals surface area (Å²) in [5.74, 6) is 0.773. The monoisotopic (exact) mass is 308 g/mol. The van der Waals surface area contributed by atoms with Crippen molar-refractivity contribution in [2.45, 2.75) is 56.4 Å². The van der Waals surface area contributed by atoms with Crippen LogP contribution < -0.4 is 10.0 Å². The topological polar surface area (TPSA) is 58.2 Å². The molecular weight excluding hydrogens is 284 g/mol. The maximum Gasteiger partial charge on any atom is 0.240 e. The molecule has 4 nitrogen and oxygen atoms in total. The van der Waals surface area contributed by atoms with Crippen molar-refractivity contribution in [2.24, 2.45) is 5.92 Å². The number of benzene rings is 1.